The van der Waals surface area contributed by atoms with Crippen LogP contribution < -0.4 is 0 Å². The van der Waals surface area contributed by atoms with Gasteiger partial charge in [-0.05, 0) is 51.6 Å². The highest BCUT2D eigenvalue weighted by Gasteiger charge is 2.17. The average Bonchev–Trinajstić information content (AvgIpc) is 3.35. The minimum Gasteiger partial charge on any atom is -0.228 e. The lowest BCUT2D eigenvalue weighted by Gasteiger charge is -2.14. The zero-order valence-electron chi connectivity index (χ0n) is 32.6. The van der Waals surface area contributed by atoms with E-state index in [1.165, 1.54) is 0 Å². The molecule has 0 saturated heterocycles. The van der Waals surface area contributed by atoms with Crippen molar-refractivity contribution in [1.29, 1.82) is 0 Å². The summed E-state index contributed by atoms with van der Waals surface area (Å²) in [5.74, 6) is 2.53. The van der Waals surface area contributed by atoms with Gasteiger partial charge in [-0.3, -0.25) is 0 Å². The molecule has 0 radical (unpaired) electrons. The van der Waals surface area contributed by atoms with Crippen molar-refractivity contribution in [2.45, 2.75) is 0 Å². The molecule has 0 saturated carbocycles. The van der Waals surface area contributed by atoms with E-state index in [0.29, 0.717) is 23.3 Å². The van der Waals surface area contributed by atoms with Crippen molar-refractivity contribution in [1.82, 2.24) is 24.9 Å². The largest absolute Gasteiger partial charge is 0.228 e. The number of rotatable bonds is 9. The fraction of sp³-hybridized carbons (Fsp3) is 0. The number of hydrogen-bond acceptors (Lipinski definition) is 5. The second-order valence-corrected chi connectivity index (χ2v) is 14.5. The molecule has 0 unspecified atom stereocenters. The number of hydrogen-bond donors (Lipinski definition) is 0. The molecule has 282 valence electrons. The summed E-state index contributed by atoms with van der Waals surface area (Å²) >= 11 is 0. The summed E-state index contributed by atoms with van der Waals surface area (Å²) in [7, 11) is 0. The van der Waals surface area contributed by atoms with E-state index in [1.54, 1.807) is 0 Å². The molecule has 0 amide bonds. The first-order valence-electron chi connectivity index (χ1n) is 20.0. The smallest absolute Gasteiger partial charge is 0.164 e. The van der Waals surface area contributed by atoms with Crippen LogP contribution in [0, 0.1) is 0 Å². The molecule has 0 aliphatic carbocycles. The molecule has 0 bridgehead atoms. The molecule has 10 aromatic rings. The minimum atomic E-state index is 0.605. The van der Waals surface area contributed by atoms with Crippen molar-refractivity contribution >= 4 is 0 Å². The normalized spacial score (nSPS) is 11.0. The van der Waals surface area contributed by atoms with E-state index in [9.17, 15) is 0 Å². The second kappa shape index (κ2) is 16.4. The molecule has 0 N–H and O–H groups in total. The highest BCUT2D eigenvalue weighted by molar-refractivity contribution is 5.87. The predicted molar refractivity (Wildman–Crippen MR) is 244 cm³/mol. The first-order chi connectivity index (χ1) is 29.7. The van der Waals surface area contributed by atoms with E-state index >= 15 is 0 Å². The standard InChI is InChI=1S/C55H37N5/c1-6-17-39(18-7-1)48-34-33-47(36-49(48)40-19-8-2-9-20-40)55-59-53(44-25-14-5-15-26-44)58-54(60-55)46-28-16-27-45(35-46)38-29-31-42(32-30-38)51-37-50(41-21-10-3-11-22-41)56-52(57-51)43-23-12-4-13-24-43/h1-37H. The van der Waals surface area contributed by atoms with Gasteiger partial charge in [-0.2, -0.15) is 0 Å². The van der Waals surface area contributed by atoms with Gasteiger partial charge in [0.15, 0.2) is 23.3 Å². The molecule has 2 aromatic heterocycles. The van der Waals surface area contributed by atoms with Gasteiger partial charge in [0.25, 0.3) is 0 Å². The zero-order chi connectivity index (χ0) is 40.1. The monoisotopic (exact) mass is 767 g/mol. The van der Waals surface area contributed by atoms with Gasteiger partial charge in [0.1, 0.15) is 0 Å². The minimum absolute atomic E-state index is 0.605. The van der Waals surface area contributed by atoms with Crippen molar-refractivity contribution in [2.24, 2.45) is 0 Å². The van der Waals surface area contributed by atoms with Gasteiger partial charge >= 0.3 is 0 Å². The topological polar surface area (TPSA) is 64.5 Å². The lowest BCUT2D eigenvalue weighted by molar-refractivity contribution is 1.07. The van der Waals surface area contributed by atoms with Gasteiger partial charge < -0.3 is 0 Å². The molecule has 0 fully saturated rings. The molecule has 60 heavy (non-hydrogen) atoms. The van der Waals surface area contributed by atoms with Crippen LogP contribution in [0.4, 0.5) is 0 Å². The maximum Gasteiger partial charge on any atom is 0.164 e. The number of nitrogens with zero attached hydrogens (tertiary/aromatic N) is 5. The Morgan fingerprint density at radius 1 is 0.183 bits per heavy atom. The second-order valence-electron chi connectivity index (χ2n) is 14.5. The molecule has 0 atom stereocenters. The molecule has 0 aliphatic heterocycles. The van der Waals surface area contributed by atoms with Crippen molar-refractivity contribution in [3.8, 4) is 101 Å². The van der Waals surface area contributed by atoms with Crippen LogP contribution in [0.25, 0.3) is 101 Å². The van der Waals surface area contributed by atoms with Crippen molar-refractivity contribution < 1.29 is 0 Å². The highest BCUT2D eigenvalue weighted by Crippen LogP contribution is 2.37. The van der Waals surface area contributed by atoms with Crippen LogP contribution in [0.1, 0.15) is 0 Å². The Labute approximate surface area is 349 Å². The van der Waals surface area contributed by atoms with E-state index in [2.05, 4.69) is 133 Å². The molecule has 8 aromatic carbocycles. The lowest BCUT2D eigenvalue weighted by Crippen LogP contribution is -2.00. The maximum absolute atomic E-state index is 5.16. The van der Waals surface area contributed by atoms with Crippen LogP contribution in [-0.2, 0) is 0 Å². The third-order valence-corrected chi connectivity index (χ3v) is 10.6. The van der Waals surface area contributed by atoms with Crippen LogP contribution in [0.15, 0.2) is 224 Å². The van der Waals surface area contributed by atoms with Gasteiger partial charge in [0, 0.05) is 33.4 Å². The Morgan fingerprint density at radius 3 is 1.07 bits per heavy atom. The SMILES string of the molecule is c1ccc(-c2cc(-c3ccc(-c4cccc(-c5nc(-c6ccccc6)nc(-c6ccc(-c7ccccc7)c(-c7ccccc7)c6)n5)c4)cc3)nc(-c3ccccc3)n2)cc1. The van der Waals surface area contributed by atoms with E-state index in [4.69, 9.17) is 24.9 Å². The van der Waals surface area contributed by atoms with Crippen molar-refractivity contribution in [2.75, 3.05) is 0 Å². The van der Waals surface area contributed by atoms with Crippen LogP contribution >= 0.6 is 0 Å². The van der Waals surface area contributed by atoms with Crippen molar-refractivity contribution in [3.05, 3.63) is 224 Å². The highest BCUT2D eigenvalue weighted by atomic mass is 15.0. The quantitative estimate of drug-likeness (QED) is 0.146. The Hall–Kier alpha value is -8.15. The molecule has 2 heterocycles. The van der Waals surface area contributed by atoms with Gasteiger partial charge in [0.2, 0.25) is 0 Å². The molecule has 0 spiro atoms. The van der Waals surface area contributed by atoms with Crippen LogP contribution in [-0.4, -0.2) is 24.9 Å². The lowest BCUT2D eigenvalue weighted by atomic mass is 9.92. The van der Waals surface area contributed by atoms with Gasteiger partial charge in [-0.1, -0.05) is 206 Å². The average molecular weight is 768 g/mol. The molecular weight excluding hydrogens is 731 g/mol. The Kier molecular flexibility index (Phi) is 9.88. The number of aromatic nitrogens is 5. The Balaban J connectivity index is 1.03. The summed E-state index contributed by atoms with van der Waals surface area (Å²) in [5.41, 5.74) is 14.2. The third kappa shape index (κ3) is 7.63. The fourth-order valence-electron chi connectivity index (χ4n) is 7.50. The molecule has 5 heteroatoms. The molecule has 5 nitrogen and oxygen atoms in total. The summed E-state index contributed by atoms with van der Waals surface area (Å²) < 4.78 is 0. The first kappa shape index (κ1) is 36.2. The molecular formula is C55H37N5. The number of benzene rings is 8. The first-order valence-corrected chi connectivity index (χ1v) is 20.0. The summed E-state index contributed by atoms with van der Waals surface area (Å²) in [6, 6.07) is 77.0. The van der Waals surface area contributed by atoms with E-state index < -0.39 is 0 Å². The maximum atomic E-state index is 5.16. The van der Waals surface area contributed by atoms with Gasteiger partial charge in [0.05, 0.1) is 11.4 Å². The van der Waals surface area contributed by atoms with Gasteiger partial charge in [-0.15, -0.1) is 0 Å². The summed E-state index contributed by atoms with van der Waals surface area (Å²) in [4.78, 5) is 25.3. The molecule has 0 aliphatic rings. The van der Waals surface area contributed by atoms with E-state index in [0.717, 1.165) is 78.1 Å². The van der Waals surface area contributed by atoms with Gasteiger partial charge in [-0.25, -0.2) is 24.9 Å². The third-order valence-electron chi connectivity index (χ3n) is 10.6. The van der Waals surface area contributed by atoms with Crippen LogP contribution in [0.3, 0.4) is 0 Å². The van der Waals surface area contributed by atoms with E-state index in [1.807, 2.05) is 91.0 Å². The molecule has 10 rings (SSSR count). The fourth-order valence-corrected chi connectivity index (χ4v) is 7.50. The van der Waals surface area contributed by atoms with Crippen molar-refractivity contribution in [3.63, 3.8) is 0 Å². The summed E-state index contributed by atoms with van der Waals surface area (Å²) in [5, 5.41) is 0. The van der Waals surface area contributed by atoms with E-state index in [-0.39, 0.29) is 0 Å². The van der Waals surface area contributed by atoms with Crippen LogP contribution in [0.2, 0.25) is 0 Å². The zero-order valence-corrected chi connectivity index (χ0v) is 32.6. The van der Waals surface area contributed by atoms with Crippen LogP contribution in [0.5, 0.6) is 0 Å². The summed E-state index contributed by atoms with van der Waals surface area (Å²) in [6.07, 6.45) is 0. The Bertz CT molecular complexity index is 2990. The summed E-state index contributed by atoms with van der Waals surface area (Å²) in [6.45, 7) is 0. The predicted octanol–water partition coefficient (Wildman–Crippen LogP) is 13.7. The Morgan fingerprint density at radius 2 is 0.533 bits per heavy atom.